The molecule has 0 atom stereocenters. The summed E-state index contributed by atoms with van der Waals surface area (Å²) in [4.78, 5) is 20.9. The highest BCUT2D eigenvalue weighted by molar-refractivity contribution is 5.98. The van der Waals surface area contributed by atoms with Crippen molar-refractivity contribution in [2.24, 2.45) is 0 Å². The van der Waals surface area contributed by atoms with Crippen LogP contribution >= 0.6 is 0 Å². The number of nitrogens with zero attached hydrogens (tertiary/aromatic N) is 5. The largest absolute Gasteiger partial charge is 0.292 e. The molecule has 3 heterocycles. The van der Waals surface area contributed by atoms with Gasteiger partial charge in [-0.05, 0) is 48.4 Å². The minimum atomic E-state index is -0.118. The van der Waals surface area contributed by atoms with Crippen molar-refractivity contribution >= 4 is 16.7 Å². The zero-order valence-electron chi connectivity index (χ0n) is 15.5. The van der Waals surface area contributed by atoms with Crippen LogP contribution in [0.2, 0.25) is 0 Å². The molecule has 0 fully saturated rings. The lowest BCUT2D eigenvalue weighted by molar-refractivity contribution is 0.0987. The number of aryl methyl sites for hydroxylation is 1. The molecule has 0 bridgehead atoms. The molecule has 4 aromatic rings. The first-order valence-corrected chi connectivity index (χ1v) is 8.82. The summed E-state index contributed by atoms with van der Waals surface area (Å²) in [5.41, 5.74) is 4.91. The first-order chi connectivity index (χ1) is 14.1. The van der Waals surface area contributed by atoms with E-state index in [0.29, 0.717) is 28.2 Å². The molecule has 0 aliphatic carbocycles. The van der Waals surface area contributed by atoms with Gasteiger partial charge < -0.3 is 0 Å². The van der Waals surface area contributed by atoms with E-state index in [2.05, 4.69) is 20.2 Å². The maximum atomic E-state index is 12.7. The molecular weight excluding hydrogens is 364 g/mol. The molecule has 7 nitrogen and oxygen atoms in total. The number of nitriles is 2. The number of carbonyl (C=O) groups is 1. The van der Waals surface area contributed by atoms with Crippen molar-refractivity contribution in [3.8, 4) is 23.4 Å². The molecule has 0 radical (unpaired) electrons. The Hall–Kier alpha value is -4.36. The van der Waals surface area contributed by atoms with Crippen molar-refractivity contribution in [1.82, 2.24) is 20.2 Å². The lowest BCUT2D eigenvalue weighted by Gasteiger charge is -2.05. The van der Waals surface area contributed by atoms with Gasteiger partial charge in [0.25, 0.3) is 0 Å². The summed E-state index contributed by atoms with van der Waals surface area (Å²) in [6, 6.07) is 14.8. The molecule has 1 N–H and O–H groups in total. The molecule has 3 aromatic heterocycles. The summed E-state index contributed by atoms with van der Waals surface area (Å²) >= 11 is 0. The van der Waals surface area contributed by atoms with E-state index < -0.39 is 0 Å². The molecule has 1 aromatic carbocycles. The van der Waals surface area contributed by atoms with Crippen LogP contribution in [-0.2, 0) is 6.42 Å². The lowest BCUT2D eigenvalue weighted by atomic mass is 10.0. The number of carbonyl (C=O) groups excluding carboxylic acids is 1. The van der Waals surface area contributed by atoms with Crippen LogP contribution in [0.25, 0.3) is 22.2 Å². The van der Waals surface area contributed by atoms with Gasteiger partial charge in [-0.1, -0.05) is 6.07 Å². The first-order valence-electron chi connectivity index (χ1n) is 8.82. The smallest absolute Gasteiger partial charge is 0.185 e. The third kappa shape index (κ3) is 3.45. The molecule has 0 saturated heterocycles. The molecule has 0 saturated carbocycles. The number of pyridine rings is 2. The second-order valence-electron chi connectivity index (χ2n) is 6.59. The maximum Gasteiger partial charge on any atom is 0.185 e. The van der Waals surface area contributed by atoms with Crippen LogP contribution in [0.3, 0.4) is 0 Å². The third-order valence-corrected chi connectivity index (χ3v) is 4.61. The van der Waals surface area contributed by atoms with Crippen LogP contribution in [0.5, 0.6) is 0 Å². The standard InChI is InChI=1S/C22H14N6O/c1-13-6-15(10-23)12-26-21(13)20(29)8-14-2-3-19-18(7-14)22(28-27-19)16-4-5-25-17(9-16)11-24/h2-7,9,12H,8H2,1H3,(H,27,28). The van der Waals surface area contributed by atoms with E-state index in [9.17, 15) is 4.79 Å². The highest BCUT2D eigenvalue weighted by Gasteiger charge is 2.15. The summed E-state index contributed by atoms with van der Waals surface area (Å²) in [6.45, 7) is 1.77. The van der Waals surface area contributed by atoms with Gasteiger partial charge in [0.05, 0.1) is 11.1 Å². The predicted molar refractivity (Wildman–Crippen MR) is 106 cm³/mol. The molecular formula is C22H14N6O. The number of hydrogen-bond donors (Lipinski definition) is 1. The fraction of sp³-hybridized carbons (Fsp3) is 0.0909. The summed E-state index contributed by atoms with van der Waals surface area (Å²) < 4.78 is 0. The summed E-state index contributed by atoms with van der Waals surface area (Å²) in [6.07, 6.45) is 3.16. The van der Waals surface area contributed by atoms with Gasteiger partial charge in [0.15, 0.2) is 5.78 Å². The number of ketones is 1. The predicted octanol–water partition coefficient (Wildman–Crippen LogP) is 3.50. The Kier molecular flexibility index (Phi) is 4.56. The quantitative estimate of drug-likeness (QED) is 0.543. The van der Waals surface area contributed by atoms with Crippen LogP contribution in [0.15, 0.2) is 48.8 Å². The second kappa shape index (κ2) is 7.34. The monoisotopic (exact) mass is 378 g/mol. The highest BCUT2D eigenvalue weighted by atomic mass is 16.1. The highest BCUT2D eigenvalue weighted by Crippen LogP contribution is 2.27. The molecule has 0 aliphatic rings. The van der Waals surface area contributed by atoms with Gasteiger partial charge >= 0.3 is 0 Å². The Morgan fingerprint density at radius 1 is 1.10 bits per heavy atom. The van der Waals surface area contributed by atoms with Gasteiger partial charge in [-0.2, -0.15) is 15.6 Å². The molecule has 0 unspecified atom stereocenters. The first kappa shape index (κ1) is 18.0. The van der Waals surface area contributed by atoms with Crippen LogP contribution < -0.4 is 0 Å². The average molecular weight is 378 g/mol. The van der Waals surface area contributed by atoms with Crippen LogP contribution in [0, 0.1) is 29.6 Å². The van der Waals surface area contributed by atoms with Crippen molar-refractivity contribution < 1.29 is 4.79 Å². The zero-order chi connectivity index (χ0) is 20.4. The topological polar surface area (TPSA) is 119 Å². The normalized spacial score (nSPS) is 10.4. The Morgan fingerprint density at radius 2 is 1.97 bits per heavy atom. The van der Waals surface area contributed by atoms with Gasteiger partial charge in [0.1, 0.15) is 29.2 Å². The summed E-state index contributed by atoms with van der Waals surface area (Å²) in [7, 11) is 0. The number of rotatable bonds is 4. The fourth-order valence-corrected chi connectivity index (χ4v) is 3.23. The molecule has 0 aliphatic heterocycles. The van der Waals surface area contributed by atoms with Crippen molar-refractivity contribution in [3.05, 3.63) is 76.9 Å². The third-order valence-electron chi connectivity index (χ3n) is 4.61. The number of benzene rings is 1. The lowest BCUT2D eigenvalue weighted by Crippen LogP contribution is -2.08. The molecule has 0 amide bonds. The molecule has 0 spiro atoms. The Morgan fingerprint density at radius 3 is 2.72 bits per heavy atom. The Bertz CT molecular complexity index is 1340. The van der Waals surface area contributed by atoms with Gasteiger partial charge in [0, 0.05) is 29.8 Å². The molecule has 4 rings (SSSR count). The Labute approximate surface area is 166 Å². The SMILES string of the molecule is Cc1cc(C#N)cnc1C(=O)Cc1ccc2[nH]nc(-c3ccnc(C#N)c3)c2c1. The number of nitrogens with one attached hydrogen (secondary N) is 1. The number of aromatic amines is 1. The van der Waals surface area contributed by atoms with Gasteiger partial charge in [0.2, 0.25) is 0 Å². The van der Waals surface area contributed by atoms with Crippen molar-refractivity contribution in [2.45, 2.75) is 13.3 Å². The number of hydrogen-bond acceptors (Lipinski definition) is 6. The minimum Gasteiger partial charge on any atom is -0.292 e. The number of Topliss-reactive ketones (excluding diaryl/α,β-unsaturated/α-hetero) is 1. The van der Waals surface area contributed by atoms with Crippen LogP contribution in [0.4, 0.5) is 0 Å². The van der Waals surface area contributed by atoms with Crippen LogP contribution in [0.1, 0.15) is 32.9 Å². The molecule has 138 valence electrons. The summed E-state index contributed by atoms with van der Waals surface area (Å²) in [5, 5.41) is 26.2. The Balaban J connectivity index is 1.68. The summed E-state index contributed by atoms with van der Waals surface area (Å²) in [5.74, 6) is -0.118. The van der Waals surface area contributed by atoms with Crippen molar-refractivity contribution in [2.75, 3.05) is 0 Å². The van der Waals surface area contributed by atoms with E-state index in [1.165, 1.54) is 6.20 Å². The van der Waals surface area contributed by atoms with Crippen molar-refractivity contribution in [1.29, 1.82) is 10.5 Å². The minimum absolute atomic E-state index is 0.118. The maximum absolute atomic E-state index is 12.7. The van der Waals surface area contributed by atoms with E-state index in [-0.39, 0.29) is 12.2 Å². The van der Waals surface area contributed by atoms with Crippen LogP contribution in [-0.4, -0.2) is 25.9 Å². The number of H-pyrrole nitrogens is 1. The van der Waals surface area contributed by atoms with E-state index in [1.807, 2.05) is 30.3 Å². The van der Waals surface area contributed by atoms with Gasteiger partial charge in [-0.3, -0.25) is 14.9 Å². The fourth-order valence-electron chi connectivity index (χ4n) is 3.23. The number of aromatic nitrogens is 4. The van der Waals surface area contributed by atoms with E-state index in [0.717, 1.165) is 22.0 Å². The zero-order valence-corrected chi connectivity index (χ0v) is 15.5. The van der Waals surface area contributed by atoms with E-state index in [1.54, 1.807) is 31.3 Å². The molecule has 7 heteroatoms. The number of fused-ring (bicyclic) bond motifs is 1. The van der Waals surface area contributed by atoms with E-state index in [4.69, 9.17) is 10.5 Å². The van der Waals surface area contributed by atoms with Crippen molar-refractivity contribution in [3.63, 3.8) is 0 Å². The van der Waals surface area contributed by atoms with Gasteiger partial charge in [-0.15, -0.1) is 0 Å². The van der Waals surface area contributed by atoms with E-state index >= 15 is 0 Å². The molecule has 29 heavy (non-hydrogen) atoms. The second-order valence-corrected chi connectivity index (χ2v) is 6.59. The average Bonchev–Trinajstić information content (AvgIpc) is 3.16. The van der Waals surface area contributed by atoms with Gasteiger partial charge in [-0.25, -0.2) is 4.98 Å².